The second-order valence-electron chi connectivity index (χ2n) is 17.2. The summed E-state index contributed by atoms with van der Waals surface area (Å²) in [7, 11) is 0. The Kier molecular flexibility index (Phi) is 13.8. The van der Waals surface area contributed by atoms with E-state index in [1.54, 1.807) is 30.0 Å². The van der Waals surface area contributed by atoms with Gasteiger partial charge in [-0.1, -0.05) is 43.2 Å². The molecule has 0 radical (unpaired) electrons. The van der Waals surface area contributed by atoms with E-state index in [4.69, 9.17) is 15.6 Å². The summed E-state index contributed by atoms with van der Waals surface area (Å²) in [6.45, 7) is 6.88. The molecule has 5 aromatic rings. The molecular weight excluding hydrogens is 857 g/mol. The van der Waals surface area contributed by atoms with E-state index < -0.39 is 23.8 Å². The number of nitrogens with two attached hydrogens (primary N) is 1. The first kappa shape index (κ1) is 44.8. The number of hydrogen-bond donors (Lipinski definition) is 2. The number of anilines is 1. The van der Waals surface area contributed by atoms with E-state index in [2.05, 4.69) is 25.1 Å². The molecule has 342 valence electrons. The van der Waals surface area contributed by atoms with E-state index >= 15 is 0 Å². The van der Waals surface area contributed by atoms with Crippen molar-refractivity contribution in [1.82, 2.24) is 44.7 Å². The van der Waals surface area contributed by atoms with Crippen molar-refractivity contribution in [2.45, 2.75) is 68.3 Å². The molecule has 5 amide bonds. The van der Waals surface area contributed by atoms with Crippen molar-refractivity contribution in [2.24, 2.45) is 0 Å². The van der Waals surface area contributed by atoms with Crippen LogP contribution in [-0.4, -0.2) is 133 Å². The zero-order valence-electron chi connectivity index (χ0n) is 36.8. The van der Waals surface area contributed by atoms with Crippen molar-refractivity contribution < 1.29 is 28.7 Å². The fourth-order valence-electron chi connectivity index (χ4n) is 9.29. The first-order valence-corrected chi connectivity index (χ1v) is 23.9. The van der Waals surface area contributed by atoms with E-state index in [1.165, 1.54) is 6.33 Å². The molecule has 0 spiro atoms. The maximum Gasteiger partial charge on any atom is 0.263 e. The number of carbonyl (C=O) groups excluding carboxylic acids is 5. The minimum atomic E-state index is -0.966. The number of aromatic nitrogens is 4. The summed E-state index contributed by atoms with van der Waals surface area (Å²) in [5.74, 6) is 0.723. The Bertz CT molecular complexity index is 2630. The number of unbranched alkanes of at least 4 members (excludes halogenated alkanes) is 3. The minimum absolute atomic E-state index is 0.00394. The number of nitrogen functional groups attached to an aromatic ring is 1. The van der Waals surface area contributed by atoms with Gasteiger partial charge in [-0.05, 0) is 92.9 Å². The van der Waals surface area contributed by atoms with Crippen LogP contribution >= 0.6 is 11.8 Å². The van der Waals surface area contributed by atoms with Crippen LogP contribution in [0.4, 0.5) is 5.82 Å². The minimum Gasteiger partial charge on any atom is -0.457 e. The molecule has 3 aromatic carbocycles. The summed E-state index contributed by atoms with van der Waals surface area (Å²) in [6.07, 6.45) is 11.4. The Morgan fingerprint density at radius 1 is 0.833 bits per heavy atom. The van der Waals surface area contributed by atoms with Crippen LogP contribution in [0.5, 0.6) is 11.5 Å². The van der Waals surface area contributed by atoms with Crippen LogP contribution in [0.15, 0.2) is 96.2 Å². The SMILES string of the molecule is Nc1ncnc2c1c(-c1ccc(Oc3ccccc3)cc1)nn2C1CCCN(C(=O)/C=C/CN2CCN(CCCCCCSc3cccc4c3C(=O)N(C3CCC(=O)NC3=O)C4=O)CC2)C1. The standard InChI is InChI=1S/C49H54N10O6S/c50-45-43-44(33-17-19-36(20-18-33)65-35-12-4-3-5-13-35)54-59(46(43)52-32-51-45)34-11-9-25-57(31-34)41(61)16-10-24-56-28-26-55(27-29-56)23-6-1-2-7-30-66-39-15-8-14-37-42(39)49(64)58(48(37)63)38-21-22-40(60)53-47(38)62/h3-5,8,10,12-20,32,34,38H,1-2,6-7,9,11,21-31H2,(H2,50,51,52)(H,53,60,62)/b16-10+. The normalized spacial score (nSPS) is 19.5. The molecular formula is C49H54N10O6S. The van der Waals surface area contributed by atoms with Crippen molar-refractivity contribution in [2.75, 3.05) is 63.8 Å². The number of piperazine rings is 1. The van der Waals surface area contributed by atoms with Gasteiger partial charge in [0.1, 0.15) is 35.4 Å². The number of carbonyl (C=O) groups is 5. The van der Waals surface area contributed by atoms with Gasteiger partial charge >= 0.3 is 0 Å². The van der Waals surface area contributed by atoms with Crippen molar-refractivity contribution in [3.63, 3.8) is 0 Å². The average molecular weight is 911 g/mol. The first-order chi connectivity index (χ1) is 32.2. The summed E-state index contributed by atoms with van der Waals surface area (Å²) in [6, 6.07) is 21.6. The van der Waals surface area contributed by atoms with E-state index in [-0.39, 0.29) is 30.7 Å². The Morgan fingerprint density at radius 2 is 1.61 bits per heavy atom. The lowest BCUT2D eigenvalue weighted by Gasteiger charge is -2.34. The zero-order chi connectivity index (χ0) is 45.6. The highest BCUT2D eigenvalue weighted by Crippen LogP contribution is 2.37. The largest absolute Gasteiger partial charge is 0.457 e. The van der Waals surface area contributed by atoms with E-state index in [9.17, 15) is 24.0 Å². The van der Waals surface area contributed by atoms with Gasteiger partial charge in [-0.3, -0.25) is 39.1 Å². The number of imide groups is 2. The second-order valence-corrected chi connectivity index (χ2v) is 18.3. The maximum atomic E-state index is 13.5. The van der Waals surface area contributed by atoms with Crippen molar-refractivity contribution in [3.05, 3.63) is 102 Å². The van der Waals surface area contributed by atoms with Gasteiger partial charge in [0.15, 0.2) is 5.65 Å². The number of para-hydroxylation sites is 1. The summed E-state index contributed by atoms with van der Waals surface area (Å²) in [5, 5.41) is 7.99. The van der Waals surface area contributed by atoms with Crippen molar-refractivity contribution in [3.8, 4) is 22.8 Å². The quantitative estimate of drug-likeness (QED) is 0.0512. The zero-order valence-corrected chi connectivity index (χ0v) is 37.7. The summed E-state index contributed by atoms with van der Waals surface area (Å²) >= 11 is 1.57. The third kappa shape index (κ3) is 9.88. The third-order valence-electron chi connectivity index (χ3n) is 12.8. The van der Waals surface area contributed by atoms with Gasteiger partial charge in [0.25, 0.3) is 11.8 Å². The highest BCUT2D eigenvalue weighted by Gasteiger charge is 2.45. The predicted molar refractivity (Wildman–Crippen MR) is 251 cm³/mol. The first-order valence-electron chi connectivity index (χ1n) is 22.9. The Labute approximate surface area is 387 Å². The molecule has 9 rings (SSSR count). The number of amides is 5. The number of rotatable bonds is 16. The summed E-state index contributed by atoms with van der Waals surface area (Å²) < 4.78 is 7.92. The van der Waals surface area contributed by atoms with Crippen LogP contribution in [0.3, 0.4) is 0 Å². The number of hydrogen-bond acceptors (Lipinski definition) is 13. The number of thioether (sulfide) groups is 1. The molecule has 16 nitrogen and oxygen atoms in total. The number of benzene rings is 3. The molecule has 2 aromatic heterocycles. The number of nitrogens with zero attached hydrogens (tertiary/aromatic N) is 8. The van der Waals surface area contributed by atoms with Crippen molar-refractivity contribution in [1.29, 1.82) is 0 Å². The van der Waals surface area contributed by atoms with E-state index in [0.717, 1.165) is 105 Å². The molecule has 6 heterocycles. The van der Waals surface area contributed by atoms with Crippen LogP contribution in [0.2, 0.25) is 0 Å². The van der Waals surface area contributed by atoms with Crippen molar-refractivity contribution >= 4 is 58.1 Å². The lowest BCUT2D eigenvalue weighted by atomic mass is 10.0. The number of piperidine rings is 2. The highest BCUT2D eigenvalue weighted by molar-refractivity contribution is 7.99. The smallest absolute Gasteiger partial charge is 0.263 e. The molecule has 4 aliphatic heterocycles. The third-order valence-corrected chi connectivity index (χ3v) is 14.0. The van der Waals surface area contributed by atoms with Crippen LogP contribution in [-0.2, 0) is 14.4 Å². The fraction of sp³-hybridized carbons (Fsp3) is 0.388. The lowest BCUT2D eigenvalue weighted by molar-refractivity contribution is -0.136. The lowest BCUT2D eigenvalue weighted by Crippen LogP contribution is -2.54. The molecule has 17 heteroatoms. The van der Waals surface area contributed by atoms with Gasteiger partial charge in [-0.15, -0.1) is 11.8 Å². The Balaban J connectivity index is 0.690. The molecule has 66 heavy (non-hydrogen) atoms. The molecule has 4 aliphatic rings. The molecule has 2 unspecified atom stereocenters. The van der Waals surface area contributed by atoms with Gasteiger partial charge < -0.3 is 20.3 Å². The van der Waals surface area contributed by atoms with Gasteiger partial charge in [0.2, 0.25) is 17.7 Å². The second kappa shape index (κ2) is 20.4. The number of fused-ring (bicyclic) bond motifs is 2. The molecule has 3 N–H and O–H groups in total. The maximum absolute atomic E-state index is 13.5. The molecule has 3 fully saturated rings. The number of likely N-dealkylation sites (tertiary alicyclic amines) is 1. The highest BCUT2D eigenvalue weighted by atomic mass is 32.2. The van der Waals surface area contributed by atoms with E-state index in [0.29, 0.717) is 52.5 Å². The van der Waals surface area contributed by atoms with Crippen LogP contribution in [0.25, 0.3) is 22.3 Å². The van der Waals surface area contributed by atoms with E-state index in [1.807, 2.05) is 76.3 Å². The molecule has 0 bridgehead atoms. The van der Waals surface area contributed by atoms with Crippen LogP contribution in [0, 0.1) is 0 Å². The Hall–Kier alpha value is -6.43. The summed E-state index contributed by atoms with van der Waals surface area (Å²) in [5.41, 5.74) is 9.33. The Morgan fingerprint density at radius 3 is 2.41 bits per heavy atom. The van der Waals surface area contributed by atoms with Crippen LogP contribution < -0.4 is 15.8 Å². The number of nitrogens with one attached hydrogen (secondary N) is 1. The molecule has 0 aliphatic carbocycles. The fourth-order valence-corrected chi connectivity index (χ4v) is 10.4. The predicted octanol–water partition coefficient (Wildman–Crippen LogP) is 5.96. The van der Waals surface area contributed by atoms with Crippen LogP contribution in [0.1, 0.15) is 78.1 Å². The average Bonchev–Trinajstić information content (AvgIpc) is 3.85. The monoisotopic (exact) mass is 910 g/mol. The van der Waals surface area contributed by atoms with Gasteiger partial charge in [-0.25, -0.2) is 14.6 Å². The molecule has 2 atom stereocenters. The molecule has 0 saturated carbocycles. The van der Waals surface area contributed by atoms with Gasteiger partial charge in [-0.2, -0.15) is 5.10 Å². The number of ether oxygens (including phenoxy) is 1. The topological polar surface area (TPSA) is 189 Å². The molecule has 3 saturated heterocycles. The van der Waals surface area contributed by atoms with Gasteiger partial charge in [0, 0.05) is 68.8 Å². The van der Waals surface area contributed by atoms with Gasteiger partial charge in [0.05, 0.1) is 22.6 Å². The summed E-state index contributed by atoms with van der Waals surface area (Å²) in [4.78, 5) is 81.6.